The van der Waals surface area contributed by atoms with E-state index in [1.807, 2.05) is 0 Å². The second kappa shape index (κ2) is 4.75. The molecule has 0 aliphatic carbocycles. The fourth-order valence-electron chi connectivity index (χ4n) is 1.24. The van der Waals surface area contributed by atoms with Crippen LogP contribution in [-0.4, -0.2) is 30.5 Å². The van der Waals surface area contributed by atoms with Crippen LogP contribution >= 0.6 is 0 Å². The van der Waals surface area contributed by atoms with Gasteiger partial charge in [-0.3, -0.25) is 4.79 Å². The number of hydrogen-bond acceptors (Lipinski definition) is 1. The summed E-state index contributed by atoms with van der Waals surface area (Å²) in [4.78, 5) is 10.9. The second-order valence-corrected chi connectivity index (χ2v) is 3.87. The highest BCUT2D eigenvalue weighted by atomic mass is 19.4. The van der Waals surface area contributed by atoms with Crippen molar-refractivity contribution in [3.05, 3.63) is 0 Å². The van der Waals surface area contributed by atoms with E-state index in [4.69, 9.17) is 0 Å². The third-order valence-corrected chi connectivity index (χ3v) is 2.04. The van der Waals surface area contributed by atoms with Gasteiger partial charge < -0.3 is 5.32 Å². The molecule has 0 aromatic rings. The van der Waals surface area contributed by atoms with E-state index in [1.54, 1.807) is 0 Å². The molecule has 0 aromatic heterocycles. The molecule has 11 heteroatoms. The average Bonchev–Trinajstić information content (AvgIpc) is 1.91. The normalized spacial score (nSPS) is 14.7. The van der Waals surface area contributed by atoms with E-state index in [0.29, 0.717) is 0 Å². The first kappa shape index (κ1) is 17.8. The molecule has 0 rings (SSSR count). The lowest BCUT2D eigenvalue weighted by Gasteiger charge is -2.37. The monoisotopic (exact) mass is 305 g/mol. The molecule has 0 aliphatic heterocycles. The standard InChI is InChI=1S/C8H8F9NO/c1-3(2)18-4(19)5(6(9,10)11,7(12,13)14)8(15,16)17/h3H,1-2H3,(H,18,19). The molecular formula is C8H8F9NO. The molecule has 2 nitrogen and oxygen atoms in total. The Morgan fingerprint density at radius 3 is 1.21 bits per heavy atom. The molecule has 0 radical (unpaired) electrons. The van der Waals surface area contributed by atoms with Gasteiger partial charge in [0.1, 0.15) is 0 Å². The quantitative estimate of drug-likeness (QED) is 0.780. The van der Waals surface area contributed by atoms with Gasteiger partial charge >= 0.3 is 23.9 Å². The molecule has 0 saturated carbocycles. The first-order chi connectivity index (χ1) is 8.09. The van der Waals surface area contributed by atoms with E-state index in [1.165, 1.54) is 0 Å². The highest BCUT2D eigenvalue weighted by Crippen LogP contribution is 2.59. The van der Waals surface area contributed by atoms with Crippen LogP contribution in [0.4, 0.5) is 39.5 Å². The van der Waals surface area contributed by atoms with E-state index < -0.39 is 35.9 Å². The zero-order valence-electron chi connectivity index (χ0n) is 9.39. The number of amides is 1. The summed E-state index contributed by atoms with van der Waals surface area (Å²) in [5, 5.41) is 1.00. The van der Waals surface area contributed by atoms with Gasteiger partial charge in [0, 0.05) is 6.04 Å². The SMILES string of the molecule is CC(C)NC(=O)C(C(F)(F)F)(C(F)(F)F)C(F)(F)F. The maximum atomic E-state index is 12.4. The summed E-state index contributed by atoms with van der Waals surface area (Å²) in [7, 11) is 0. The van der Waals surface area contributed by atoms with Crippen molar-refractivity contribution in [3.63, 3.8) is 0 Å². The van der Waals surface area contributed by atoms with Crippen LogP contribution in [0.3, 0.4) is 0 Å². The summed E-state index contributed by atoms with van der Waals surface area (Å²) in [6.45, 7) is 1.84. The van der Waals surface area contributed by atoms with E-state index in [-0.39, 0.29) is 0 Å². The number of carbonyl (C=O) groups excluding carboxylic acids is 1. The zero-order chi connectivity index (χ0) is 15.9. The fourth-order valence-corrected chi connectivity index (χ4v) is 1.24. The lowest BCUT2D eigenvalue weighted by molar-refractivity contribution is -0.406. The number of alkyl halides is 9. The Balaban J connectivity index is 6.20. The van der Waals surface area contributed by atoms with Gasteiger partial charge in [0.25, 0.3) is 5.91 Å². The lowest BCUT2D eigenvalue weighted by atomic mass is 9.84. The third-order valence-electron chi connectivity index (χ3n) is 2.04. The Morgan fingerprint density at radius 2 is 1.05 bits per heavy atom. The molecule has 0 saturated heterocycles. The fraction of sp³-hybridized carbons (Fsp3) is 0.875. The van der Waals surface area contributed by atoms with Crippen molar-refractivity contribution < 1.29 is 44.3 Å². The number of rotatable bonds is 2. The minimum absolute atomic E-state index is 0.922. The molecule has 0 atom stereocenters. The van der Waals surface area contributed by atoms with Gasteiger partial charge in [-0.15, -0.1) is 0 Å². The van der Waals surface area contributed by atoms with E-state index >= 15 is 0 Å². The van der Waals surface area contributed by atoms with Gasteiger partial charge in [0.05, 0.1) is 0 Å². The molecular weight excluding hydrogens is 297 g/mol. The van der Waals surface area contributed by atoms with Crippen LogP contribution in [0.2, 0.25) is 0 Å². The summed E-state index contributed by atoms with van der Waals surface area (Å²) >= 11 is 0. The Morgan fingerprint density at radius 1 is 0.789 bits per heavy atom. The van der Waals surface area contributed by atoms with Crippen molar-refractivity contribution >= 4 is 5.91 Å². The number of carbonyl (C=O) groups is 1. The van der Waals surface area contributed by atoms with Crippen LogP contribution in [0, 0.1) is 5.41 Å². The molecule has 0 bridgehead atoms. The van der Waals surface area contributed by atoms with Crippen molar-refractivity contribution in [2.75, 3.05) is 0 Å². The second-order valence-electron chi connectivity index (χ2n) is 3.87. The third kappa shape index (κ3) is 2.89. The van der Waals surface area contributed by atoms with Gasteiger partial charge in [0.15, 0.2) is 0 Å². The molecule has 19 heavy (non-hydrogen) atoms. The van der Waals surface area contributed by atoms with Gasteiger partial charge in [-0.25, -0.2) is 0 Å². The molecule has 0 unspecified atom stereocenters. The molecule has 1 amide bonds. The first-order valence-corrected chi connectivity index (χ1v) is 4.60. The van der Waals surface area contributed by atoms with Crippen LogP contribution in [-0.2, 0) is 4.79 Å². The molecule has 0 aromatic carbocycles. The Bertz CT molecular complexity index is 302. The van der Waals surface area contributed by atoms with E-state index in [9.17, 15) is 44.3 Å². The molecule has 0 fully saturated rings. The van der Waals surface area contributed by atoms with E-state index in [0.717, 1.165) is 19.2 Å². The Hall–Kier alpha value is -1.16. The predicted molar refractivity (Wildman–Crippen MR) is 43.9 cm³/mol. The van der Waals surface area contributed by atoms with E-state index in [2.05, 4.69) is 0 Å². The van der Waals surface area contributed by atoms with Crippen LogP contribution in [0.5, 0.6) is 0 Å². The van der Waals surface area contributed by atoms with Crippen molar-refractivity contribution in [1.82, 2.24) is 5.32 Å². The molecule has 0 heterocycles. The summed E-state index contributed by atoms with van der Waals surface area (Å²) in [6.07, 6.45) is -20.6. The minimum Gasteiger partial charge on any atom is -0.353 e. The van der Waals surface area contributed by atoms with Crippen LogP contribution in [0.25, 0.3) is 0 Å². The Kier molecular flexibility index (Phi) is 4.46. The number of halogens is 9. The van der Waals surface area contributed by atoms with Crippen LogP contribution in [0.15, 0.2) is 0 Å². The number of nitrogens with one attached hydrogen (secondary N) is 1. The topological polar surface area (TPSA) is 29.1 Å². The van der Waals surface area contributed by atoms with Gasteiger partial charge in [-0.1, -0.05) is 0 Å². The first-order valence-electron chi connectivity index (χ1n) is 4.60. The van der Waals surface area contributed by atoms with Crippen molar-refractivity contribution in [3.8, 4) is 0 Å². The summed E-state index contributed by atoms with van der Waals surface area (Å²) in [6, 6.07) is -1.33. The van der Waals surface area contributed by atoms with Crippen molar-refractivity contribution in [2.24, 2.45) is 5.41 Å². The summed E-state index contributed by atoms with van der Waals surface area (Å²) in [5.41, 5.74) is -6.45. The molecule has 0 spiro atoms. The maximum Gasteiger partial charge on any atom is 0.421 e. The smallest absolute Gasteiger partial charge is 0.353 e. The maximum absolute atomic E-state index is 12.4. The van der Waals surface area contributed by atoms with Gasteiger partial charge in [0.2, 0.25) is 0 Å². The van der Waals surface area contributed by atoms with Crippen molar-refractivity contribution in [2.45, 2.75) is 38.4 Å². The lowest BCUT2D eigenvalue weighted by Crippen LogP contribution is -2.67. The number of hydrogen-bond donors (Lipinski definition) is 1. The average molecular weight is 305 g/mol. The van der Waals surface area contributed by atoms with Crippen molar-refractivity contribution in [1.29, 1.82) is 0 Å². The summed E-state index contributed by atoms with van der Waals surface area (Å²) < 4.78 is 111. The van der Waals surface area contributed by atoms with Gasteiger partial charge in [-0.05, 0) is 13.8 Å². The largest absolute Gasteiger partial charge is 0.421 e. The van der Waals surface area contributed by atoms with Crippen LogP contribution < -0.4 is 5.32 Å². The van der Waals surface area contributed by atoms with Gasteiger partial charge in [-0.2, -0.15) is 39.5 Å². The highest BCUT2D eigenvalue weighted by Gasteiger charge is 2.87. The predicted octanol–water partition coefficient (Wildman–Crippen LogP) is 3.18. The Labute approximate surface area is 100 Å². The zero-order valence-corrected chi connectivity index (χ0v) is 9.39. The molecule has 0 aliphatic rings. The van der Waals surface area contributed by atoms with Crippen LogP contribution in [0.1, 0.15) is 13.8 Å². The summed E-state index contributed by atoms with van der Waals surface area (Å²) in [5.74, 6) is -3.20. The molecule has 114 valence electrons. The molecule has 1 N–H and O–H groups in total. The highest BCUT2D eigenvalue weighted by molar-refractivity contribution is 5.85. The minimum atomic E-state index is -6.87.